The minimum Gasteiger partial charge on any atom is -0.382 e. The molecule has 0 fully saturated rings. The zero-order valence-electron chi connectivity index (χ0n) is 8.42. The molecule has 16 heavy (non-hydrogen) atoms. The van der Waals surface area contributed by atoms with E-state index in [1.165, 1.54) is 12.4 Å². The molecule has 0 saturated carbocycles. The Morgan fingerprint density at radius 1 is 1.12 bits per heavy atom. The molecule has 0 atom stereocenters. The second-order valence-corrected chi connectivity index (χ2v) is 3.15. The third kappa shape index (κ3) is 2.33. The molecule has 1 aromatic heterocycles. The van der Waals surface area contributed by atoms with E-state index < -0.39 is 0 Å². The van der Waals surface area contributed by atoms with Gasteiger partial charge in [-0.15, -0.1) is 0 Å². The Balaban J connectivity index is 2.12. The van der Waals surface area contributed by atoms with E-state index in [9.17, 15) is 4.79 Å². The van der Waals surface area contributed by atoms with Gasteiger partial charge in [0.2, 0.25) is 0 Å². The largest absolute Gasteiger partial charge is 0.382 e. The number of amides is 1. The van der Waals surface area contributed by atoms with E-state index in [2.05, 4.69) is 15.3 Å². The number of rotatable bonds is 2. The summed E-state index contributed by atoms with van der Waals surface area (Å²) in [5.41, 5.74) is 6.32. The molecule has 2 aromatic rings. The highest BCUT2D eigenvalue weighted by Gasteiger charge is 2.07. The van der Waals surface area contributed by atoms with E-state index >= 15 is 0 Å². The number of nitrogens with zero attached hydrogens (tertiary/aromatic N) is 2. The number of nitrogen functional groups attached to an aromatic ring is 1. The van der Waals surface area contributed by atoms with Crippen molar-refractivity contribution in [2.75, 3.05) is 11.1 Å². The van der Waals surface area contributed by atoms with Crippen molar-refractivity contribution in [2.24, 2.45) is 0 Å². The van der Waals surface area contributed by atoms with E-state index in [1.54, 1.807) is 12.1 Å². The van der Waals surface area contributed by atoms with Gasteiger partial charge in [0, 0.05) is 5.69 Å². The summed E-state index contributed by atoms with van der Waals surface area (Å²) in [6.45, 7) is 0. The molecule has 0 saturated heterocycles. The summed E-state index contributed by atoms with van der Waals surface area (Å²) in [5, 5.41) is 2.70. The van der Waals surface area contributed by atoms with Gasteiger partial charge in [-0.25, -0.2) is 9.97 Å². The van der Waals surface area contributed by atoms with Crippen LogP contribution in [0.25, 0.3) is 0 Å². The number of hydrogen-bond acceptors (Lipinski definition) is 4. The first kappa shape index (κ1) is 10.1. The first-order valence-corrected chi connectivity index (χ1v) is 4.69. The summed E-state index contributed by atoms with van der Waals surface area (Å²) in [6.07, 6.45) is 2.69. The Bertz CT molecular complexity index is 481. The van der Waals surface area contributed by atoms with Crippen LogP contribution in [0.5, 0.6) is 0 Å². The zero-order chi connectivity index (χ0) is 11.4. The molecule has 1 aromatic carbocycles. The normalized spacial score (nSPS) is 9.75. The number of benzene rings is 1. The van der Waals surface area contributed by atoms with Gasteiger partial charge in [0.1, 0.15) is 11.5 Å². The van der Waals surface area contributed by atoms with Crippen LogP contribution in [0.3, 0.4) is 0 Å². The first-order chi connectivity index (χ1) is 7.75. The van der Waals surface area contributed by atoms with Crippen LogP contribution in [0, 0.1) is 0 Å². The molecule has 2 rings (SSSR count). The molecule has 0 bridgehead atoms. The van der Waals surface area contributed by atoms with Crippen molar-refractivity contribution in [3.8, 4) is 0 Å². The molecule has 0 aliphatic rings. The third-order valence-electron chi connectivity index (χ3n) is 1.94. The van der Waals surface area contributed by atoms with Crippen molar-refractivity contribution in [3.05, 3.63) is 48.4 Å². The lowest BCUT2D eigenvalue weighted by molar-refractivity contribution is 0.102. The topological polar surface area (TPSA) is 80.9 Å². The number of carbonyl (C=O) groups is 1. The van der Waals surface area contributed by atoms with Gasteiger partial charge in [-0.3, -0.25) is 4.79 Å². The monoisotopic (exact) mass is 214 g/mol. The van der Waals surface area contributed by atoms with Crippen LogP contribution in [0.4, 0.5) is 11.5 Å². The summed E-state index contributed by atoms with van der Waals surface area (Å²) in [5.74, 6) is -0.0186. The summed E-state index contributed by atoms with van der Waals surface area (Å²) in [7, 11) is 0. The number of aromatic nitrogens is 2. The van der Waals surface area contributed by atoms with Gasteiger partial charge >= 0.3 is 0 Å². The summed E-state index contributed by atoms with van der Waals surface area (Å²) in [4.78, 5) is 19.3. The molecule has 5 heteroatoms. The Morgan fingerprint density at radius 2 is 1.88 bits per heavy atom. The third-order valence-corrected chi connectivity index (χ3v) is 1.94. The molecule has 1 heterocycles. The van der Waals surface area contributed by atoms with Gasteiger partial charge in [-0.05, 0) is 12.1 Å². The number of carbonyl (C=O) groups excluding carboxylic acids is 1. The fourth-order valence-electron chi connectivity index (χ4n) is 1.17. The lowest BCUT2D eigenvalue weighted by Crippen LogP contribution is -2.14. The summed E-state index contributed by atoms with van der Waals surface area (Å²) >= 11 is 0. The predicted octanol–water partition coefficient (Wildman–Crippen LogP) is 1.31. The van der Waals surface area contributed by atoms with Crippen molar-refractivity contribution in [1.82, 2.24) is 9.97 Å². The van der Waals surface area contributed by atoms with Gasteiger partial charge in [0.05, 0.1) is 12.4 Å². The van der Waals surface area contributed by atoms with Crippen molar-refractivity contribution in [1.29, 1.82) is 0 Å². The van der Waals surface area contributed by atoms with Gasteiger partial charge in [-0.2, -0.15) is 0 Å². The number of hydrogen-bond donors (Lipinski definition) is 2. The SMILES string of the molecule is Nc1cnc(C(=O)Nc2ccccc2)cn1. The van der Waals surface area contributed by atoms with E-state index in [1.807, 2.05) is 18.2 Å². The maximum Gasteiger partial charge on any atom is 0.275 e. The molecule has 1 amide bonds. The quantitative estimate of drug-likeness (QED) is 0.789. The number of para-hydroxylation sites is 1. The van der Waals surface area contributed by atoms with E-state index in [4.69, 9.17) is 5.73 Å². The maximum atomic E-state index is 11.7. The molecule has 0 aliphatic heterocycles. The molecular formula is C11H10N4O. The lowest BCUT2D eigenvalue weighted by Gasteiger charge is -2.03. The van der Waals surface area contributed by atoms with Crippen LogP contribution < -0.4 is 11.1 Å². The molecule has 0 unspecified atom stereocenters. The molecular weight excluding hydrogens is 204 g/mol. The number of nitrogens with two attached hydrogens (primary N) is 1. The van der Waals surface area contributed by atoms with Crippen molar-refractivity contribution < 1.29 is 4.79 Å². The van der Waals surface area contributed by atoms with Gasteiger partial charge in [0.15, 0.2) is 0 Å². The smallest absolute Gasteiger partial charge is 0.275 e. The predicted molar refractivity (Wildman–Crippen MR) is 60.8 cm³/mol. The van der Waals surface area contributed by atoms with Crippen molar-refractivity contribution >= 4 is 17.4 Å². The Kier molecular flexibility index (Phi) is 2.77. The second-order valence-electron chi connectivity index (χ2n) is 3.15. The minimum absolute atomic E-state index is 0.234. The standard InChI is InChI=1S/C11H10N4O/c12-10-7-13-9(6-14-10)11(16)15-8-4-2-1-3-5-8/h1-7H,(H2,12,14)(H,15,16). The maximum absolute atomic E-state index is 11.7. The molecule has 0 aliphatic carbocycles. The van der Waals surface area contributed by atoms with Gasteiger partial charge < -0.3 is 11.1 Å². The fraction of sp³-hybridized carbons (Fsp3) is 0. The average molecular weight is 214 g/mol. The first-order valence-electron chi connectivity index (χ1n) is 4.69. The molecule has 0 spiro atoms. The van der Waals surface area contributed by atoms with Crippen LogP contribution >= 0.6 is 0 Å². The minimum atomic E-state index is -0.307. The fourth-order valence-corrected chi connectivity index (χ4v) is 1.17. The lowest BCUT2D eigenvalue weighted by atomic mass is 10.3. The molecule has 5 nitrogen and oxygen atoms in total. The van der Waals surface area contributed by atoms with Crippen LogP contribution in [0.1, 0.15) is 10.5 Å². The molecule has 80 valence electrons. The average Bonchev–Trinajstić information content (AvgIpc) is 2.31. The van der Waals surface area contributed by atoms with Gasteiger partial charge in [-0.1, -0.05) is 18.2 Å². The van der Waals surface area contributed by atoms with E-state index in [-0.39, 0.29) is 17.4 Å². The van der Waals surface area contributed by atoms with Crippen LogP contribution in [-0.2, 0) is 0 Å². The summed E-state index contributed by atoms with van der Waals surface area (Å²) in [6, 6.07) is 9.14. The second kappa shape index (κ2) is 4.39. The van der Waals surface area contributed by atoms with Crippen LogP contribution in [-0.4, -0.2) is 15.9 Å². The zero-order valence-corrected chi connectivity index (χ0v) is 8.42. The Labute approximate surface area is 92.3 Å². The van der Waals surface area contributed by atoms with E-state index in [0.717, 1.165) is 0 Å². The summed E-state index contributed by atoms with van der Waals surface area (Å²) < 4.78 is 0. The molecule has 3 N–H and O–H groups in total. The number of anilines is 2. The van der Waals surface area contributed by atoms with Crippen LogP contribution in [0.2, 0.25) is 0 Å². The van der Waals surface area contributed by atoms with Crippen molar-refractivity contribution in [3.63, 3.8) is 0 Å². The highest BCUT2D eigenvalue weighted by molar-refractivity contribution is 6.02. The van der Waals surface area contributed by atoms with Crippen LogP contribution in [0.15, 0.2) is 42.7 Å². The Hall–Kier alpha value is -2.43. The van der Waals surface area contributed by atoms with Crippen molar-refractivity contribution in [2.45, 2.75) is 0 Å². The number of nitrogens with one attached hydrogen (secondary N) is 1. The molecule has 0 radical (unpaired) electrons. The van der Waals surface area contributed by atoms with E-state index in [0.29, 0.717) is 5.69 Å². The highest BCUT2D eigenvalue weighted by atomic mass is 16.1. The van der Waals surface area contributed by atoms with Gasteiger partial charge in [0.25, 0.3) is 5.91 Å². The Morgan fingerprint density at radius 3 is 2.50 bits per heavy atom. The highest BCUT2D eigenvalue weighted by Crippen LogP contribution is 2.07.